The van der Waals surface area contributed by atoms with Gasteiger partial charge in [-0.1, -0.05) is 0 Å². The quantitative estimate of drug-likeness (QED) is 0.686. The summed E-state index contributed by atoms with van der Waals surface area (Å²) in [5, 5.41) is 0. The number of fused-ring (bicyclic) bond motifs is 6. The third-order valence-corrected chi connectivity index (χ3v) is 15.4. The van der Waals surface area contributed by atoms with Gasteiger partial charge in [0.25, 0.3) is 0 Å². The fourth-order valence-corrected chi connectivity index (χ4v) is 14.6. The molecule has 0 radical (unpaired) electrons. The van der Waals surface area contributed by atoms with Gasteiger partial charge in [0.05, 0.1) is 0 Å². The van der Waals surface area contributed by atoms with Crippen LogP contribution in [-0.2, 0) is 13.3 Å². The molecule has 3 aliphatic rings. The fourth-order valence-electron chi connectivity index (χ4n) is 2.22. The van der Waals surface area contributed by atoms with Crippen molar-refractivity contribution in [2.75, 3.05) is 39.5 Å². The summed E-state index contributed by atoms with van der Waals surface area (Å²) < 4.78 is 19.2. The second-order valence-corrected chi connectivity index (χ2v) is 14.0. The molecule has 4 rings (SSSR count). The molecule has 0 atom stereocenters. The van der Waals surface area contributed by atoms with Crippen molar-refractivity contribution in [2.24, 2.45) is 0 Å². The van der Waals surface area contributed by atoms with Crippen LogP contribution in [0.5, 0.6) is 0 Å². The van der Waals surface area contributed by atoms with Gasteiger partial charge in [-0.25, -0.2) is 0 Å². The number of nitrogens with zero attached hydrogens (tertiary/aromatic N) is 1. The molecule has 0 spiro atoms. The molecule has 0 N–H and O–H groups in total. The van der Waals surface area contributed by atoms with Crippen molar-refractivity contribution in [2.45, 2.75) is 8.99 Å². The van der Waals surface area contributed by atoms with E-state index in [0.717, 1.165) is 43.5 Å². The van der Waals surface area contributed by atoms with Crippen LogP contribution in [-0.4, -0.2) is 72.7 Å². The van der Waals surface area contributed by atoms with Gasteiger partial charge in [0, 0.05) is 0 Å². The van der Waals surface area contributed by atoms with Gasteiger partial charge in [-0.3, -0.25) is 0 Å². The average molecular weight is 425 g/mol. The first-order valence-electron chi connectivity index (χ1n) is 6.85. The first-order chi connectivity index (χ1) is 9.86. The minimum absolute atomic E-state index is 0.244. The van der Waals surface area contributed by atoms with Crippen molar-refractivity contribution < 1.29 is 13.3 Å². The molecule has 0 aliphatic carbocycles. The molecule has 0 aromatic heterocycles. The molecular weight excluding hydrogens is 406 g/mol. The third-order valence-electron chi connectivity index (χ3n) is 3.32. The number of hydrogen-bond acceptors (Lipinski definition) is 5. The van der Waals surface area contributed by atoms with E-state index in [2.05, 4.69) is 35.2 Å². The van der Waals surface area contributed by atoms with Crippen LogP contribution in [0.3, 0.4) is 0 Å². The van der Waals surface area contributed by atoms with Gasteiger partial charge in [0.15, 0.2) is 0 Å². The van der Waals surface area contributed by atoms with Gasteiger partial charge in [-0.2, -0.15) is 0 Å². The van der Waals surface area contributed by atoms with Crippen LogP contribution in [0, 0.1) is 0 Å². The Balaban J connectivity index is 1.56. The summed E-state index contributed by atoms with van der Waals surface area (Å²) in [6, 6.07) is 10.6. The Kier molecular flexibility index (Phi) is 5.83. The van der Waals surface area contributed by atoms with Gasteiger partial charge in [-0.05, 0) is 0 Å². The van der Waals surface area contributed by atoms with E-state index < -0.39 is 8.80 Å². The molecular formula is C13H19NO3SSiTe. The maximum atomic E-state index is 6.05. The van der Waals surface area contributed by atoms with Gasteiger partial charge < -0.3 is 0 Å². The number of benzene rings is 1. The van der Waals surface area contributed by atoms with Crippen LogP contribution in [0.15, 0.2) is 35.2 Å². The van der Waals surface area contributed by atoms with Crippen molar-refractivity contribution in [3.63, 3.8) is 0 Å². The van der Waals surface area contributed by atoms with Gasteiger partial charge >= 0.3 is 134 Å². The molecule has 0 unspecified atom stereocenters. The van der Waals surface area contributed by atoms with E-state index in [9.17, 15) is 0 Å². The Labute approximate surface area is 134 Å². The van der Waals surface area contributed by atoms with E-state index >= 15 is 0 Å². The Morgan fingerprint density at radius 3 is 2.20 bits per heavy atom. The average Bonchev–Trinajstić information content (AvgIpc) is 2.40. The van der Waals surface area contributed by atoms with Crippen molar-refractivity contribution in [1.29, 1.82) is 0 Å². The van der Waals surface area contributed by atoms with Crippen molar-refractivity contribution in [3.05, 3.63) is 30.3 Å². The number of rotatable bonds is 4. The zero-order valence-electron chi connectivity index (χ0n) is 11.3. The molecule has 0 saturated carbocycles. The summed E-state index contributed by atoms with van der Waals surface area (Å²) in [5.41, 5.74) is 0. The Hall–Kier alpha value is 0.416. The molecule has 3 fully saturated rings. The second-order valence-electron chi connectivity index (χ2n) is 4.73. The normalized spacial score (nSPS) is 30.5. The van der Waals surface area contributed by atoms with E-state index in [0.29, 0.717) is 0 Å². The van der Waals surface area contributed by atoms with Gasteiger partial charge in [0.1, 0.15) is 0 Å². The summed E-state index contributed by atoms with van der Waals surface area (Å²) in [4.78, 5) is 3.70. The molecule has 20 heavy (non-hydrogen) atoms. The SMILES string of the molecule is c1ccc(S[Te]C[Si]23OCCN(CCO2)CCO3)cc1. The van der Waals surface area contributed by atoms with Crippen molar-refractivity contribution >= 4 is 37.3 Å². The molecule has 4 nitrogen and oxygen atoms in total. The van der Waals surface area contributed by atoms with E-state index in [1.807, 2.05) is 8.99 Å². The van der Waals surface area contributed by atoms with Gasteiger partial charge in [-0.15, -0.1) is 0 Å². The number of hydrogen-bond donors (Lipinski definition) is 0. The maximum absolute atomic E-state index is 6.05. The summed E-state index contributed by atoms with van der Waals surface area (Å²) in [7, 11) is -0.393. The standard InChI is InChI=1S/C13H19NO3SSiTe/c1-2-4-13(5-3-1)18-20-12-19-15-9-6-14(7-10-16-19)8-11-17-19/h1-5H,6-12H2. The van der Waals surface area contributed by atoms with Crippen LogP contribution in [0.1, 0.15) is 0 Å². The summed E-state index contributed by atoms with van der Waals surface area (Å²) in [6.07, 6.45) is 0. The molecule has 1 aromatic rings. The molecule has 3 aliphatic heterocycles. The molecule has 3 saturated heterocycles. The Bertz CT molecular complexity index is 399. The predicted molar refractivity (Wildman–Crippen MR) is 82.9 cm³/mol. The Morgan fingerprint density at radius 2 is 1.60 bits per heavy atom. The van der Waals surface area contributed by atoms with E-state index in [1.54, 1.807) is 0 Å². The van der Waals surface area contributed by atoms with Crippen molar-refractivity contribution in [3.8, 4) is 0 Å². The summed E-state index contributed by atoms with van der Waals surface area (Å²) in [5.74, 6) is 0. The van der Waals surface area contributed by atoms with Crippen LogP contribution in [0.25, 0.3) is 0 Å². The summed E-state index contributed by atoms with van der Waals surface area (Å²) in [6.45, 7) is 5.34. The molecule has 1 aromatic carbocycles. The topological polar surface area (TPSA) is 30.9 Å². The summed E-state index contributed by atoms with van der Waals surface area (Å²) >= 11 is -0.244. The van der Waals surface area contributed by atoms with E-state index in [1.165, 1.54) is 4.90 Å². The predicted octanol–water partition coefficient (Wildman–Crippen LogP) is 1.67. The molecule has 0 amide bonds. The molecule has 2 bridgehead atoms. The van der Waals surface area contributed by atoms with E-state index in [-0.39, 0.29) is 19.5 Å². The first kappa shape index (κ1) is 15.3. The van der Waals surface area contributed by atoms with Crippen LogP contribution >= 0.6 is 8.99 Å². The molecule has 110 valence electrons. The fraction of sp³-hybridized carbons (Fsp3) is 0.538. The zero-order chi connectivity index (χ0) is 13.7. The minimum atomic E-state index is -2.37. The van der Waals surface area contributed by atoms with Crippen LogP contribution < -0.4 is 0 Å². The monoisotopic (exact) mass is 427 g/mol. The molecule has 3 heterocycles. The molecule has 7 heteroatoms. The first-order valence-corrected chi connectivity index (χ1v) is 14.0. The van der Waals surface area contributed by atoms with Crippen LogP contribution in [0.4, 0.5) is 0 Å². The van der Waals surface area contributed by atoms with E-state index in [4.69, 9.17) is 13.3 Å². The van der Waals surface area contributed by atoms with Crippen LogP contribution in [0.2, 0.25) is 4.09 Å². The van der Waals surface area contributed by atoms with Crippen molar-refractivity contribution in [1.82, 2.24) is 4.90 Å². The third kappa shape index (κ3) is 4.21. The Morgan fingerprint density at radius 1 is 1.00 bits per heavy atom. The second kappa shape index (κ2) is 7.61. The van der Waals surface area contributed by atoms with Gasteiger partial charge in [0.2, 0.25) is 0 Å². The zero-order valence-corrected chi connectivity index (χ0v) is 15.5.